The maximum absolute atomic E-state index is 12.9. The Morgan fingerprint density at radius 1 is 1.08 bits per heavy atom. The summed E-state index contributed by atoms with van der Waals surface area (Å²) in [6, 6.07) is 11.8. The number of rotatable bonds is 9. The second-order valence-corrected chi connectivity index (χ2v) is 6.14. The van der Waals surface area contributed by atoms with E-state index >= 15 is 0 Å². The SMILES string of the molecule is CC(C)OCCCNC(=O)C(C(=O)c1ccccc1)n1ccccc1=O. The van der Waals surface area contributed by atoms with Gasteiger partial charge in [-0.25, -0.2) is 0 Å². The van der Waals surface area contributed by atoms with Crippen LogP contribution in [0.5, 0.6) is 0 Å². The van der Waals surface area contributed by atoms with Crippen LogP contribution in [-0.2, 0) is 9.53 Å². The van der Waals surface area contributed by atoms with Gasteiger partial charge in [-0.1, -0.05) is 36.4 Å². The maximum Gasteiger partial charge on any atom is 0.251 e. The van der Waals surface area contributed by atoms with Crippen LogP contribution in [-0.4, -0.2) is 35.5 Å². The summed E-state index contributed by atoms with van der Waals surface area (Å²) in [5, 5.41) is 2.73. The van der Waals surface area contributed by atoms with E-state index in [0.29, 0.717) is 25.1 Å². The van der Waals surface area contributed by atoms with Crippen LogP contribution in [0.1, 0.15) is 36.7 Å². The number of nitrogens with zero attached hydrogens (tertiary/aromatic N) is 1. The lowest BCUT2D eigenvalue weighted by Gasteiger charge is -2.18. The molecule has 0 fully saturated rings. The normalized spacial score (nSPS) is 12.0. The molecule has 1 heterocycles. The second-order valence-electron chi connectivity index (χ2n) is 6.14. The summed E-state index contributed by atoms with van der Waals surface area (Å²) < 4.78 is 6.59. The molecule has 26 heavy (non-hydrogen) atoms. The van der Waals surface area contributed by atoms with Crippen LogP contribution in [0.4, 0.5) is 0 Å². The van der Waals surface area contributed by atoms with Crippen molar-refractivity contribution in [2.45, 2.75) is 32.4 Å². The molecule has 0 saturated carbocycles. The van der Waals surface area contributed by atoms with E-state index in [4.69, 9.17) is 4.74 Å². The number of benzene rings is 1. The van der Waals surface area contributed by atoms with Gasteiger partial charge in [-0.05, 0) is 26.3 Å². The van der Waals surface area contributed by atoms with Crippen molar-refractivity contribution in [2.24, 2.45) is 0 Å². The van der Waals surface area contributed by atoms with Crippen molar-refractivity contribution in [3.8, 4) is 0 Å². The summed E-state index contributed by atoms with van der Waals surface area (Å²) in [6.45, 7) is 4.76. The first-order chi connectivity index (χ1) is 12.5. The third-order valence-corrected chi connectivity index (χ3v) is 3.76. The number of pyridine rings is 1. The molecular weight excluding hydrogens is 332 g/mol. The van der Waals surface area contributed by atoms with Crippen molar-refractivity contribution in [3.63, 3.8) is 0 Å². The van der Waals surface area contributed by atoms with Crippen LogP contribution >= 0.6 is 0 Å². The number of Topliss-reactive ketones (excluding diaryl/α,β-unsaturated/α-hetero) is 1. The topological polar surface area (TPSA) is 77.4 Å². The molecule has 1 N–H and O–H groups in total. The Bertz CT molecular complexity index is 784. The molecule has 1 aromatic carbocycles. The number of amides is 1. The van der Waals surface area contributed by atoms with E-state index in [1.165, 1.54) is 12.3 Å². The molecule has 0 radical (unpaired) electrons. The molecule has 138 valence electrons. The average molecular weight is 356 g/mol. The van der Waals surface area contributed by atoms with Crippen molar-refractivity contribution in [1.29, 1.82) is 0 Å². The van der Waals surface area contributed by atoms with Gasteiger partial charge in [0.2, 0.25) is 0 Å². The summed E-state index contributed by atoms with van der Waals surface area (Å²) in [6.07, 6.45) is 2.20. The molecule has 0 spiro atoms. The Hall–Kier alpha value is -2.73. The molecule has 1 unspecified atom stereocenters. The molecule has 6 heteroatoms. The lowest BCUT2D eigenvalue weighted by Crippen LogP contribution is -2.41. The minimum atomic E-state index is -1.24. The second kappa shape index (κ2) is 9.68. The Kier molecular flexibility index (Phi) is 7.29. The molecule has 1 aromatic heterocycles. The van der Waals surface area contributed by atoms with Gasteiger partial charge in [0.15, 0.2) is 11.8 Å². The van der Waals surface area contributed by atoms with Crippen LogP contribution in [0.25, 0.3) is 0 Å². The standard InChI is InChI=1S/C20H24N2O4/c1-15(2)26-14-8-12-21-20(25)18(22-13-7-6-11-17(22)23)19(24)16-9-4-3-5-10-16/h3-7,9-11,13,15,18H,8,12,14H2,1-2H3,(H,21,25). The molecule has 1 atom stereocenters. The highest BCUT2D eigenvalue weighted by molar-refractivity contribution is 6.11. The molecular formula is C20H24N2O4. The van der Waals surface area contributed by atoms with Crippen molar-refractivity contribution < 1.29 is 14.3 Å². The molecule has 0 bridgehead atoms. The Morgan fingerprint density at radius 2 is 1.77 bits per heavy atom. The number of nitrogens with one attached hydrogen (secondary N) is 1. The predicted molar refractivity (Wildman–Crippen MR) is 99.2 cm³/mol. The van der Waals surface area contributed by atoms with Gasteiger partial charge in [0.05, 0.1) is 6.10 Å². The zero-order chi connectivity index (χ0) is 18.9. The highest BCUT2D eigenvalue weighted by Crippen LogP contribution is 2.13. The van der Waals surface area contributed by atoms with Crippen molar-refractivity contribution in [1.82, 2.24) is 9.88 Å². The van der Waals surface area contributed by atoms with Crippen molar-refractivity contribution >= 4 is 11.7 Å². The van der Waals surface area contributed by atoms with Crippen LogP contribution in [0.15, 0.2) is 59.5 Å². The van der Waals surface area contributed by atoms with Crippen molar-refractivity contribution in [3.05, 3.63) is 70.6 Å². The van der Waals surface area contributed by atoms with Crippen LogP contribution in [0.3, 0.4) is 0 Å². The molecule has 6 nitrogen and oxygen atoms in total. The van der Waals surface area contributed by atoms with Crippen molar-refractivity contribution in [2.75, 3.05) is 13.2 Å². The molecule has 0 aliphatic carbocycles. The summed E-state index contributed by atoms with van der Waals surface area (Å²) in [5.74, 6) is -0.925. The fraction of sp³-hybridized carbons (Fsp3) is 0.350. The minimum Gasteiger partial charge on any atom is -0.379 e. The summed E-state index contributed by atoms with van der Waals surface area (Å²) in [4.78, 5) is 37.7. The summed E-state index contributed by atoms with van der Waals surface area (Å²) in [5.41, 5.74) is -0.0217. The van der Waals surface area contributed by atoms with E-state index in [2.05, 4.69) is 5.32 Å². The third kappa shape index (κ3) is 5.39. The van der Waals surface area contributed by atoms with E-state index in [-0.39, 0.29) is 6.10 Å². The largest absolute Gasteiger partial charge is 0.379 e. The van der Waals surface area contributed by atoms with Gasteiger partial charge < -0.3 is 10.1 Å². The number of hydrogen-bond acceptors (Lipinski definition) is 4. The predicted octanol–water partition coefficient (Wildman–Crippen LogP) is 2.20. The number of hydrogen-bond donors (Lipinski definition) is 1. The Balaban J connectivity index is 2.16. The Morgan fingerprint density at radius 3 is 2.42 bits per heavy atom. The van der Waals surface area contributed by atoms with Gasteiger partial charge >= 0.3 is 0 Å². The van der Waals surface area contributed by atoms with Gasteiger partial charge in [0, 0.05) is 31.0 Å². The zero-order valence-corrected chi connectivity index (χ0v) is 15.1. The van der Waals surface area contributed by atoms with Crippen LogP contribution in [0.2, 0.25) is 0 Å². The van der Waals surface area contributed by atoms with Gasteiger partial charge in [-0.3, -0.25) is 19.0 Å². The lowest BCUT2D eigenvalue weighted by molar-refractivity contribution is -0.123. The van der Waals surface area contributed by atoms with Crippen LogP contribution in [0, 0.1) is 0 Å². The first-order valence-corrected chi connectivity index (χ1v) is 8.66. The van der Waals surface area contributed by atoms with Gasteiger partial charge in [0.1, 0.15) is 0 Å². The zero-order valence-electron chi connectivity index (χ0n) is 15.1. The third-order valence-electron chi connectivity index (χ3n) is 3.76. The monoisotopic (exact) mass is 356 g/mol. The van der Waals surface area contributed by atoms with E-state index in [1.54, 1.807) is 42.5 Å². The molecule has 0 aliphatic rings. The van der Waals surface area contributed by atoms with E-state index in [1.807, 2.05) is 13.8 Å². The molecule has 1 amide bonds. The molecule has 2 rings (SSSR count). The first-order valence-electron chi connectivity index (χ1n) is 8.66. The number of aromatic nitrogens is 1. The van der Waals surface area contributed by atoms with Gasteiger partial charge in [0.25, 0.3) is 11.5 Å². The fourth-order valence-electron chi connectivity index (χ4n) is 2.48. The maximum atomic E-state index is 12.9. The quantitative estimate of drug-likeness (QED) is 0.424. The number of ketones is 1. The highest BCUT2D eigenvalue weighted by atomic mass is 16.5. The summed E-state index contributed by atoms with van der Waals surface area (Å²) >= 11 is 0. The average Bonchev–Trinajstić information content (AvgIpc) is 2.63. The van der Waals surface area contributed by atoms with E-state index in [0.717, 1.165) is 4.57 Å². The lowest BCUT2D eigenvalue weighted by atomic mass is 10.0. The van der Waals surface area contributed by atoms with E-state index < -0.39 is 23.3 Å². The molecule has 0 aliphatic heterocycles. The summed E-state index contributed by atoms with van der Waals surface area (Å²) in [7, 11) is 0. The van der Waals surface area contributed by atoms with Gasteiger partial charge in [-0.2, -0.15) is 0 Å². The minimum absolute atomic E-state index is 0.126. The highest BCUT2D eigenvalue weighted by Gasteiger charge is 2.29. The fourth-order valence-corrected chi connectivity index (χ4v) is 2.48. The molecule has 0 saturated heterocycles. The number of carbonyl (C=O) groups is 2. The number of ether oxygens (including phenoxy) is 1. The smallest absolute Gasteiger partial charge is 0.251 e. The molecule has 2 aromatic rings. The number of carbonyl (C=O) groups excluding carboxylic acids is 2. The van der Waals surface area contributed by atoms with E-state index in [9.17, 15) is 14.4 Å². The van der Waals surface area contributed by atoms with Crippen LogP contribution < -0.4 is 10.9 Å². The first kappa shape index (κ1) is 19.6. The Labute approximate surface area is 152 Å². The van der Waals surface area contributed by atoms with Gasteiger partial charge in [-0.15, -0.1) is 0 Å².